The molecule has 92 valence electrons. The van der Waals surface area contributed by atoms with E-state index in [9.17, 15) is 4.79 Å². The number of aryl methyl sites for hydroxylation is 1. The molecule has 0 aromatic carbocycles. The van der Waals surface area contributed by atoms with Crippen molar-refractivity contribution in [1.82, 2.24) is 9.78 Å². The third kappa shape index (κ3) is 2.48. The first-order valence-corrected chi connectivity index (χ1v) is 7.11. The van der Waals surface area contributed by atoms with E-state index in [1.165, 1.54) is 22.2 Å². The van der Waals surface area contributed by atoms with Crippen LogP contribution in [0.1, 0.15) is 15.9 Å². The number of anilines is 1. The van der Waals surface area contributed by atoms with Gasteiger partial charge in [-0.05, 0) is 37.9 Å². The highest BCUT2D eigenvalue weighted by Crippen LogP contribution is 2.32. The van der Waals surface area contributed by atoms with Gasteiger partial charge in [0.2, 0.25) is 0 Å². The number of nitriles is 1. The van der Waals surface area contributed by atoms with Crippen LogP contribution in [0.2, 0.25) is 0 Å². The summed E-state index contributed by atoms with van der Waals surface area (Å²) in [5, 5.41) is 15.5. The lowest BCUT2D eigenvalue weighted by atomic mass is 10.3. The molecule has 8 heteroatoms. The molecule has 0 aliphatic heterocycles. The molecule has 5 nitrogen and oxygen atoms in total. The molecule has 0 fully saturated rings. The maximum absolute atomic E-state index is 12.1. The van der Waals surface area contributed by atoms with Crippen LogP contribution in [-0.2, 0) is 7.05 Å². The summed E-state index contributed by atoms with van der Waals surface area (Å²) >= 11 is 8.04. The van der Waals surface area contributed by atoms with Crippen molar-refractivity contribution in [1.29, 1.82) is 5.26 Å². The molecule has 0 saturated heterocycles. The fraction of sp³-hybridized carbons (Fsp3) is 0.100. The van der Waals surface area contributed by atoms with Gasteiger partial charge in [0.15, 0.2) is 0 Å². The summed E-state index contributed by atoms with van der Waals surface area (Å²) in [5.74, 6) is 0.0978. The van der Waals surface area contributed by atoms with Gasteiger partial charge in [0.1, 0.15) is 17.5 Å². The number of nitrogens with zero attached hydrogens (tertiary/aromatic N) is 3. The van der Waals surface area contributed by atoms with E-state index in [-0.39, 0.29) is 5.91 Å². The van der Waals surface area contributed by atoms with Crippen LogP contribution < -0.4 is 5.32 Å². The fourth-order valence-corrected chi connectivity index (χ4v) is 4.13. The van der Waals surface area contributed by atoms with Gasteiger partial charge in [-0.15, -0.1) is 11.3 Å². The summed E-state index contributed by atoms with van der Waals surface area (Å²) in [6.07, 6.45) is 1.41. The highest BCUT2D eigenvalue weighted by Gasteiger charge is 2.17. The summed E-state index contributed by atoms with van der Waals surface area (Å²) < 4.78 is 3.03. The van der Waals surface area contributed by atoms with Gasteiger partial charge in [-0.3, -0.25) is 9.48 Å². The van der Waals surface area contributed by atoms with Crippen molar-refractivity contribution in [3.63, 3.8) is 0 Å². The van der Waals surface area contributed by atoms with E-state index >= 15 is 0 Å². The second kappa shape index (κ2) is 5.22. The monoisotopic (exact) mass is 388 g/mol. The van der Waals surface area contributed by atoms with Crippen LogP contribution in [0, 0.1) is 11.3 Å². The smallest absolute Gasteiger partial charge is 0.258 e. The maximum atomic E-state index is 12.1. The minimum atomic E-state index is -0.288. The van der Waals surface area contributed by atoms with Gasteiger partial charge in [-0.25, -0.2) is 0 Å². The Balaban J connectivity index is 2.30. The van der Waals surface area contributed by atoms with E-state index in [1.807, 2.05) is 6.07 Å². The predicted molar refractivity (Wildman–Crippen MR) is 75.6 cm³/mol. The average Bonchev–Trinajstić information content (AvgIpc) is 2.83. The fourth-order valence-electron chi connectivity index (χ4n) is 1.34. The lowest BCUT2D eigenvalue weighted by molar-refractivity contribution is 0.102. The van der Waals surface area contributed by atoms with Gasteiger partial charge < -0.3 is 5.32 Å². The van der Waals surface area contributed by atoms with Crippen molar-refractivity contribution < 1.29 is 4.79 Å². The molecule has 2 aromatic heterocycles. The van der Waals surface area contributed by atoms with Gasteiger partial charge in [0.05, 0.1) is 19.3 Å². The molecular formula is C10H6Br2N4OS. The molecule has 0 radical (unpaired) electrons. The molecule has 0 aliphatic carbocycles. The lowest BCUT2D eigenvalue weighted by Gasteiger charge is -2.04. The quantitative estimate of drug-likeness (QED) is 0.857. The molecule has 0 spiro atoms. The first-order chi connectivity index (χ1) is 8.52. The van der Waals surface area contributed by atoms with E-state index in [0.29, 0.717) is 16.9 Å². The van der Waals surface area contributed by atoms with Gasteiger partial charge >= 0.3 is 0 Å². The molecule has 1 N–H and O–H groups in total. The predicted octanol–water partition coefficient (Wildman–Crippen LogP) is 3.13. The summed E-state index contributed by atoms with van der Waals surface area (Å²) in [6, 6.07) is 3.69. The molecule has 0 aliphatic rings. The summed E-state index contributed by atoms with van der Waals surface area (Å²) in [6.45, 7) is 0. The molecule has 1 amide bonds. The van der Waals surface area contributed by atoms with Gasteiger partial charge in [-0.2, -0.15) is 10.4 Å². The molecule has 0 unspecified atom stereocenters. The van der Waals surface area contributed by atoms with Gasteiger partial charge in [-0.1, -0.05) is 0 Å². The number of carbonyl (C=O) groups is 1. The topological polar surface area (TPSA) is 70.7 Å². The second-order valence-electron chi connectivity index (χ2n) is 3.33. The number of amides is 1. The Kier molecular flexibility index (Phi) is 3.85. The van der Waals surface area contributed by atoms with Crippen LogP contribution in [0.3, 0.4) is 0 Å². The Morgan fingerprint density at radius 2 is 2.33 bits per heavy atom. The van der Waals surface area contributed by atoms with E-state index < -0.39 is 0 Å². The van der Waals surface area contributed by atoms with Crippen molar-refractivity contribution in [2.24, 2.45) is 7.05 Å². The van der Waals surface area contributed by atoms with Gasteiger partial charge in [0.25, 0.3) is 5.91 Å². The number of nitrogens with one attached hydrogen (secondary N) is 1. The minimum Gasteiger partial charge on any atom is -0.306 e. The first-order valence-electron chi connectivity index (χ1n) is 4.71. The Hall–Kier alpha value is -1.17. The number of rotatable bonds is 2. The van der Waals surface area contributed by atoms with Crippen molar-refractivity contribution in [2.75, 3.05) is 5.32 Å². The van der Waals surface area contributed by atoms with Crippen LogP contribution >= 0.6 is 43.2 Å². The van der Waals surface area contributed by atoms with E-state index in [4.69, 9.17) is 5.26 Å². The van der Waals surface area contributed by atoms with Crippen LogP contribution in [-0.4, -0.2) is 15.7 Å². The molecule has 0 bridgehead atoms. The second-order valence-corrected chi connectivity index (χ2v) is 7.08. The van der Waals surface area contributed by atoms with Crippen LogP contribution in [0.25, 0.3) is 0 Å². The summed E-state index contributed by atoms with van der Waals surface area (Å²) in [5.41, 5.74) is 0.841. The zero-order valence-corrected chi connectivity index (χ0v) is 13.1. The van der Waals surface area contributed by atoms with Crippen molar-refractivity contribution in [3.05, 3.63) is 31.0 Å². The molecular weight excluding hydrogens is 384 g/mol. The normalized spacial score (nSPS) is 10.1. The number of carbonyl (C=O) groups excluding carboxylic acids is 1. The molecule has 2 aromatic rings. The van der Waals surface area contributed by atoms with Crippen molar-refractivity contribution in [3.8, 4) is 6.07 Å². The summed E-state index contributed by atoms with van der Waals surface area (Å²) in [7, 11) is 1.66. The van der Waals surface area contributed by atoms with E-state index in [1.54, 1.807) is 13.1 Å². The Labute approximate surface area is 124 Å². The molecule has 0 saturated carbocycles. The molecule has 2 rings (SSSR count). The van der Waals surface area contributed by atoms with Gasteiger partial charge in [0, 0.05) is 7.05 Å². The third-order valence-corrected chi connectivity index (χ3v) is 4.53. The third-order valence-electron chi connectivity index (χ3n) is 2.19. The number of thiophene rings is 1. The first kappa shape index (κ1) is 13.3. The molecule has 18 heavy (non-hydrogen) atoms. The van der Waals surface area contributed by atoms with Crippen LogP contribution in [0.15, 0.2) is 19.8 Å². The van der Waals surface area contributed by atoms with E-state index in [2.05, 4.69) is 42.3 Å². The SMILES string of the molecule is Cn1ncc(C#N)c1NC(=O)c1cc(Br)sc1Br. The van der Waals surface area contributed by atoms with Crippen molar-refractivity contribution in [2.45, 2.75) is 0 Å². The lowest BCUT2D eigenvalue weighted by Crippen LogP contribution is -2.15. The average molecular weight is 390 g/mol. The number of halogens is 2. The number of aromatic nitrogens is 2. The number of hydrogen-bond donors (Lipinski definition) is 1. The van der Waals surface area contributed by atoms with Crippen LogP contribution in [0.5, 0.6) is 0 Å². The Bertz CT molecular complexity index is 655. The zero-order chi connectivity index (χ0) is 13.3. The maximum Gasteiger partial charge on any atom is 0.258 e. The zero-order valence-electron chi connectivity index (χ0n) is 9.07. The standard InChI is InChI=1S/C10H6Br2N4OS/c1-16-9(5(3-13)4-14-16)15-10(17)6-2-7(11)18-8(6)12/h2,4H,1H3,(H,15,17). The Morgan fingerprint density at radius 1 is 1.61 bits per heavy atom. The summed E-state index contributed by atoms with van der Waals surface area (Å²) in [4.78, 5) is 12.1. The minimum absolute atomic E-state index is 0.288. The molecule has 2 heterocycles. The highest BCUT2D eigenvalue weighted by atomic mass is 79.9. The van der Waals surface area contributed by atoms with E-state index in [0.717, 1.165) is 7.57 Å². The van der Waals surface area contributed by atoms with Crippen molar-refractivity contribution >= 4 is 54.9 Å². The highest BCUT2D eigenvalue weighted by molar-refractivity contribution is 9.12. The number of hydrogen-bond acceptors (Lipinski definition) is 4. The molecule has 0 atom stereocenters. The largest absolute Gasteiger partial charge is 0.306 e. The van der Waals surface area contributed by atoms with Crippen LogP contribution in [0.4, 0.5) is 5.82 Å². The Morgan fingerprint density at radius 3 is 2.89 bits per heavy atom.